The number of nitrogens with zero attached hydrogens (tertiary/aromatic N) is 1. The Morgan fingerprint density at radius 2 is 1.71 bits per heavy atom. The molecule has 3 aromatic rings. The lowest BCUT2D eigenvalue weighted by Crippen LogP contribution is -2.26. The molecule has 0 bridgehead atoms. The maximum absolute atomic E-state index is 12.5. The van der Waals surface area contributed by atoms with Crippen molar-refractivity contribution in [1.29, 1.82) is 0 Å². The van der Waals surface area contributed by atoms with Crippen molar-refractivity contribution in [2.75, 3.05) is 0 Å². The Morgan fingerprint density at radius 1 is 0.964 bits per heavy atom. The topological polar surface area (TPSA) is 48.3 Å². The number of carbonyl (C=O) groups excluding carboxylic acids is 2. The lowest BCUT2D eigenvalue weighted by atomic mass is 10.0. The van der Waals surface area contributed by atoms with Gasteiger partial charge in [-0.15, -0.1) is 0 Å². The molecule has 0 N–H and O–H groups in total. The molecule has 0 aliphatic heterocycles. The van der Waals surface area contributed by atoms with Gasteiger partial charge in [-0.1, -0.05) is 30.3 Å². The number of rotatable bonds is 6. The van der Waals surface area contributed by atoms with Crippen LogP contribution in [0, 0.1) is 0 Å². The second-order valence-electron chi connectivity index (χ2n) is 8.06. The van der Waals surface area contributed by atoms with Crippen LogP contribution in [0.3, 0.4) is 0 Å². The van der Waals surface area contributed by atoms with E-state index in [1.807, 2.05) is 57.2 Å². The van der Waals surface area contributed by atoms with Crippen LogP contribution < -0.4 is 0 Å². The van der Waals surface area contributed by atoms with Crippen molar-refractivity contribution in [2.45, 2.75) is 52.1 Å². The molecule has 0 atom stereocenters. The Kier molecular flexibility index (Phi) is 5.98. The molecule has 3 rings (SSSR count). The molecular weight excluding hydrogens is 350 g/mol. The van der Waals surface area contributed by atoms with Crippen molar-refractivity contribution in [2.24, 2.45) is 0 Å². The van der Waals surface area contributed by atoms with E-state index in [0.29, 0.717) is 12.0 Å². The minimum atomic E-state index is -0.552. The van der Waals surface area contributed by atoms with E-state index in [2.05, 4.69) is 12.1 Å². The fourth-order valence-corrected chi connectivity index (χ4v) is 3.19. The van der Waals surface area contributed by atoms with Gasteiger partial charge in [-0.05, 0) is 69.9 Å². The van der Waals surface area contributed by atoms with Crippen LogP contribution in [0.1, 0.15) is 56.0 Å². The number of Topliss-reactive ketones (excluding diaryl/α,β-unsaturated/α-hetero) is 1. The summed E-state index contributed by atoms with van der Waals surface area (Å²) in [7, 11) is 0. The third-order valence-corrected chi connectivity index (χ3v) is 4.56. The first-order valence-corrected chi connectivity index (χ1v) is 9.75. The number of hydrogen-bond acceptors (Lipinski definition) is 3. The van der Waals surface area contributed by atoms with Gasteiger partial charge in [0.25, 0.3) is 0 Å². The number of ether oxygens (including phenoxy) is 1. The van der Waals surface area contributed by atoms with Gasteiger partial charge in [0.2, 0.25) is 0 Å². The zero-order valence-electron chi connectivity index (χ0n) is 16.8. The van der Waals surface area contributed by atoms with Gasteiger partial charge in [0.1, 0.15) is 5.60 Å². The van der Waals surface area contributed by atoms with Gasteiger partial charge in [-0.25, -0.2) is 4.79 Å². The van der Waals surface area contributed by atoms with Gasteiger partial charge in [0.15, 0.2) is 5.78 Å². The van der Waals surface area contributed by atoms with Gasteiger partial charge < -0.3 is 4.74 Å². The van der Waals surface area contributed by atoms with Crippen LogP contribution in [0.25, 0.3) is 10.9 Å². The molecule has 4 nitrogen and oxygen atoms in total. The highest BCUT2D eigenvalue weighted by molar-refractivity contribution is 6.00. The van der Waals surface area contributed by atoms with E-state index in [1.165, 1.54) is 10.1 Å². The Morgan fingerprint density at radius 3 is 2.43 bits per heavy atom. The van der Waals surface area contributed by atoms with Crippen LogP contribution in [-0.2, 0) is 11.2 Å². The molecule has 0 saturated heterocycles. The van der Waals surface area contributed by atoms with Gasteiger partial charge in [-0.2, -0.15) is 0 Å². The number of carbonyl (C=O) groups is 2. The average Bonchev–Trinajstić information content (AvgIpc) is 3.08. The molecule has 146 valence electrons. The maximum Gasteiger partial charge on any atom is 0.418 e. The predicted molar refractivity (Wildman–Crippen MR) is 112 cm³/mol. The third-order valence-electron chi connectivity index (χ3n) is 4.56. The quantitative estimate of drug-likeness (QED) is 0.390. The molecule has 0 radical (unpaired) electrons. The minimum Gasteiger partial charge on any atom is -0.443 e. The van der Waals surface area contributed by atoms with Crippen LogP contribution in [0.4, 0.5) is 4.79 Å². The molecule has 4 heteroatoms. The summed E-state index contributed by atoms with van der Waals surface area (Å²) in [6, 6.07) is 17.6. The second-order valence-corrected chi connectivity index (χ2v) is 8.06. The number of aromatic nitrogens is 1. The van der Waals surface area contributed by atoms with Crippen LogP contribution >= 0.6 is 0 Å². The Hall–Kier alpha value is -2.88. The maximum atomic E-state index is 12.5. The Balaban J connectivity index is 1.61. The molecule has 28 heavy (non-hydrogen) atoms. The van der Waals surface area contributed by atoms with Crippen molar-refractivity contribution in [3.63, 3.8) is 0 Å². The number of hydrogen-bond donors (Lipinski definition) is 0. The van der Waals surface area contributed by atoms with Crippen LogP contribution in [0.2, 0.25) is 0 Å². The molecule has 0 amide bonds. The molecule has 0 aliphatic carbocycles. The summed E-state index contributed by atoms with van der Waals surface area (Å²) in [5, 5.41) is 0.862. The van der Waals surface area contributed by atoms with Gasteiger partial charge >= 0.3 is 6.09 Å². The summed E-state index contributed by atoms with van der Waals surface area (Å²) in [4.78, 5) is 24.8. The first-order valence-electron chi connectivity index (χ1n) is 9.75. The number of ketones is 1. The largest absolute Gasteiger partial charge is 0.443 e. The van der Waals surface area contributed by atoms with Gasteiger partial charge in [0.05, 0.1) is 5.52 Å². The normalized spacial score (nSPS) is 11.5. The van der Waals surface area contributed by atoms with Crippen molar-refractivity contribution >= 4 is 22.8 Å². The summed E-state index contributed by atoms with van der Waals surface area (Å²) in [5.41, 5.74) is 2.19. The van der Waals surface area contributed by atoms with Gasteiger partial charge in [-0.3, -0.25) is 9.36 Å². The number of fused-ring (bicyclic) bond motifs is 1. The predicted octanol–water partition coefficient (Wildman–Crippen LogP) is 6.02. The summed E-state index contributed by atoms with van der Waals surface area (Å²) in [5.74, 6) is 0.139. The second kappa shape index (κ2) is 8.42. The molecule has 2 aromatic carbocycles. The van der Waals surface area contributed by atoms with Crippen LogP contribution in [0.5, 0.6) is 0 Å². The summed E-state index contributed by atoms with van der Waals surface area (Å²) < 4.78 is 6.91. The Bertz CT molecular complexity index is 964. The number of unbranched alkanes of at least 4 members (excludes halogenated alkanes) is 1. The lowest BCUT2D eigenvalue weighted by molar-refractivity contribution is 0.0544. The zero-order chi connectivity index (χ0) is 20.1. The van der Waals surface area contributed by atoms with E-state index in [9.17, 15) is 9.59 Å². The molecule has 0 unspecified atom stereocenters. The average molecular weight is 377 g/mol. The standard InChI is InChI=1S/C24H27NO3/c1-24(2,3)28-23(27)25-16-15-19-17-20(13-14-21(19)25)22(26)12-8-7-11-18-9-5-4-6-10-18/h4-6,9-10,13-17H,7-8,11-12H2,1-3H3. The molecule has 0 fully saturated rings. The minimum absolute atomic E-state index is 0.139. The van der Waals surface area contributed by atoms with E-state index in [1.54, 1.807) is 12.3 Å². The fourth-order valence-electron chi connectivity index (χ4n) is 3.19. The molecule has 1 heterocycles. The molecule has 0 aliphatic rings. The summed E-state index contributed by atoms with van der Waals surface area (Å²) in [6.45, 7) is 5.52. The fraction of sp³-hybridized carbons (Fsp3) is 0.333. The monoisotopic (exact) mass is 377 g/mol. The van der Waals surface area contributed by atoms with Crippen LogP contribution in [-0.4, -0.2) is 22.0 Å². The molecule has 0 saturated carbocycles. The van der Waals surface area contributed by atoms with E-state index in [0.717, 1.165) is 30.2 Å². The number of benzene rings is 2. The van der Waals surface area contributed by atoms with Crippen molar-refractivity contribution in [3.8, 4) is 0 Å². The van der Waals surface area contributed by atoms with Crippen molar-refractivity contribution in [1.82, 2.24) is 4.57 Å². The molecular formula is C24H27NO3. The first-order chi connectivity index (χ1) is 13.3. The van der Waals surface area contributed by atoms with E-state index < -0.39 is 11.7 Å². The molecule has 1 aromatic heterocycles. The molecule has 0 spiro atoms. The van der Waals surface area contributed by atoms with E-state index >= 15 is 0 Å². The van der Waals surface area contributed by atoms with E-state index in [4.69, 9.17) is 4.74 Å². The van der Waals surface area contributed by atoms with Crippen LogP contribution in [0.15, 0.2) is 60.8 Å². The van der Waals surface area contributed by atoms with Crippen molar-refractivity contribution < 1.29 is 14.3 Å². The highest BCUT2D eigenvalue weighted by Gasteiger charge is 2.19. The van der Waals surface area contributed by atoms with E-state index in [-0.39, 0.29) is 5.78 Å². The highest BCUT2D eigenvalue weighted by atomic mass is 16.6. The van der Waals surface area contributed by atoms with Crippen molar-refractivity contribution in [3.05, 3.63) is 71.9 Å². The van der Waals surface area contributed by atoms with Gasteiger partial charge in [0, 0.05) is 23.6 Å². The first kappa shape index (κ1) is 19.9. The zero-order valence-corrected chi connectivity index (χ0v) is 16.8. The third kappa shape index (κ3) is 5.10. The SMILES string of the molecule is CC(C)(C)OC(=O)n1ccc2cc(C(=O)CCCCc3ccccc3)ccc21. The Labute approximate surface area is 166 Å². The number of aryl methyl sites for hydroxylation is 1. The lowest BCUT2D eigenvalue weighted by Gasteiger charge is -2.19. The smallest absolute Gasteiger partial charge is 0.418 e. The summed E-state index contributed by atoms with van der Waals surface area (Å²) >= 11 is 0. The summed E-state index contributed by atoms with van der Waals surface area (Å²) in [6.07, 6.45) is 4.66. The highest BCUT2D eigenvalue weighted by Crippen LogP contribution is 2.21.